The van der Waals surface area contributed by atoms with E-state index in [4.69, 9.17) is 4.74 Å². The van der Waals surface area contributed by atoms with E-state index in [1.807, 2.05) is 23.9 Å². The number of aryl methyl sites for hydroxylation is 1. The molecule has 0 saturated carbocycles. The van der Waals surface area contributed by atoms with E-state index in [0.717, 1.165) is 19.6 Å². The van der Waals surface area contributed by atoms with Crippen LogP contribution in [0.3, 0.4) is 0 Å². The Morgan fingerprint density at radius 1 is 1.50 bits per heavy atom. The number of aliphatic hydroxyl groups excluding tert-OH is 1. The molecule has 1 saturated heterocycles. The van der Waals surface area contributed by atoms with Gasteiger partial charge in [-0.05, 0) is 13.0 Å². The molecular formula is C11H19N3O2. The lowest BCUT2D eigenvalue weighted by atomic mass is 10.3. The molecule has 0 spiro atoms. The molecule has 1 aromatic rings. The van der Waals surface area contributed by atoms with Gasteiger partial charge in [-0.3, -0.25) is 9.58 Å². The largest absolute Gasteiger partial charge is 0.389 e. The number of ether oxygens (including phenoxy) is 1. The molecule has 2 rings (SSSR count). The van der Waals surface area contributed by atoms with Gasteiger partial charge in [0.1, 0.15) is 0 Å². The molecular weight excluding hydrogens is 206 g/mol. The van der Waals surface area contributed by atoms with Crippen molar-refractivity contribution in [3.05, 3.63) is 18.0 Å². The maximum atomic E-state index is 9.68. The average Bonchev–Trinajstić information content (AvgIpc) is 2.82. The van der Waals surface area contributed by atoms with Crippen LogP contribution in [0.4, 0.5) is 0 Å². The van der Waals surface area contributed by atoms with Gasteiger partial charge in [0.15, 0.2) is 0 Å². The van der Waals surface area contributed by atoms with E-state index in [1.54, 1.807) is 7.11 Å². The summed E-state index contributed by atoms with van der Waals surface area (Å²) in [5.74, 6) is 0. The first-order chi connectivity index (χ1) is 7.70. The highest BCUT2D eigenvalue weighted by Crippen LogP contribution is 2.12. The van der Waals surface area contributed by atoms with Gasteiger partial charge in [0, 0.05) is 38.6 Å². The van der Waals surface area contributed by atoms with Crippen LogP contribution in [0.15, 0.2) is 12.3 Å². The highest BCUT2D eigenvalue weighted by molar-refractivity contribution is 4.96. The summed E-state index contributed by atoms with van der Waals surface area (Å²) in [6.45, 7) is 5.31. The normalized spacial score (nSPS) is 26.4. The van der Waals surface area contributed by atoms with E-state index >= 15 is 0 Å². The maximum absolute atomic E-state index is 9.68. The zero-order valence-electron chi connectivity index (χ0n) is 9.83. The number of hydrogen-bond donors (Lipinski definition) is 1. The molecule has 1 aliphatic rings. The van der Waals surface area contributed by atoms with Crippen molar-refractivity contribution >= 4 is 0 Å². The van der Waals surface area contributed by atoms with E-state index in [9.17, 15) is 5.11 Å². The number of rotatable bonds is 4. The molecule has 90 valence electrons. The third-order valence-electron chi connectivity index (χ3n) is 3.17. The fourth-order valence-corrected chi connectivity index (χ4v) is 2.12. The zero-order valence-corrected chi connectivity index (χ0v) is 9.83. The second kappa shape index (κ2) is 4.95. The molecule has 16 heavy (non-hydrogen) atoms. The van der Waals surface area contributed by atoms with Gasteiger partial charge < -0.3 is 9.84 Å². The number of likely N-dealkylation sites (tertiary alicyclic amines) is 1. The topological polar surface area (TPSA) is 50.5 Å². The van der Waals surface area contributed by atoms with Gasteiger partial charge in [-0.2, -0.15) is 5.10 Å². The van der Waals surface area contributed by atoms with E-state index in [1.165, 1.54) is 5.69 Å². The minimum atomic E-state index is -0.358. The molecule has 1 aromatic heterocycles. The fraction of sp³-hybridized carbons (Fsp3) is 0.727. The molecule has 5 nitrogen and oxygen atoms in total. The Morgan fingerprint density at radius 2 is 2.31 bits per heavy atom. The monoisotopic (exact) mass is 225 g/mol. The van der Waals surface area contributed by atoms with Crippen molar-refractivity contribution in [2.75, 3.05) is 26.7 Å². The third kappa shape index (κ3) is 2.42. The lowest BCUT2D eigenvalue weighted by molar-refractivity contribution is 0.0215. The van der Waals surface area contributed by atoms with Crippen molar-refractivity contribution < 1.29 is 9.84 Å². The number of nitrogens with zero attached hydrogens (tertiary/aromatic N) is 3. The van der Waals surface area contributed by atoms with Gasteiger partial charge in [-0.25, -0.2) is 0 Å². The van der Waals surface area contributed by atoms with Gasteiger partial charge in [0.2, 0.25) is 0 Å². The minimum absolute atomic E-state index is 0.0429. The molecule has 0 radical (unpaired) electrons. The van der Waals surface area contributed by atoms with E-state index in [2.05, 4.69) is 10.00 Å². The van der Waals surface area contributed by atoms with Crippen LogP contribution in [0.5, 0.6) is 0 Å². The molecule has 0 unspecified atom stereocenters. The highest BCUT2D eigenvalue weighted by atomic mass is 16.5. The van der Waals surface area contributed by atoms with Crippen molar-refractivity contribution in [1.29, 1.82) is 0 Å². The number of aliphatic hydroxyl groups is 1. The fourth-order valence-electron chi connectivity index (χ4n) is 2.12. The molecule has 1 aliphatic heterocycles. The van der Waals surface area contributed by atoms with E-state index < -0.39 is 0 Å². The first-order valence-corrected chi connectivity index (χ1v) is 5.62. The van der Waals surface area contributed by atoms with Crippen molar-refractivity contribution in [3.8, 4) is 0 Å². The molecule has 1 fully saturated rings. The van der Waals surface area contributed by atoms with Gasteiger partial charge in [0.25, 0.3) is 0 Å². The van der Waals surface area contributed by atoms with Gasteiger partial charge in [0.05, 0.1) is 18.8 Å². The van der Waals surface area contributed by atoms with Crippen LogP contribution in [0.1, 0.15) is 5.69 Å². The first-order valence-electron chi connectivity index (χ1n) is 5.62. The summed E-state index contributed by atoms with van der Waals surface area (Å²) in [5, 5.41) is 13.9. The van der Waals surface area contributed by atoms with Crippen LogP contribution in [0, 0.1) is 6.92 Å². The number of hydrogen-bond acceptors (Lipinski definition) is 4. The highest BCUT2D eigenvalue weighted by Gasteiger charge is 2.30. The van der Waals surface area contributed by atoms with Crippen LogP contribution in [0.2, 0.25) is 0 Å². The SMILES string of the molecule is CO[C@H]1CN(CCn2nccc2C)C[C@@H]1O. The molecule has 0 amide bonds. The van der Waals surface area contributed by atoms with Gasteiger partial charge in [-0.15, -0.1) is 0 Å². The zero-order chi connectivity index (χ0) is 11.5. The van der Waals surface area contributed by atoms with Crippen LogP contribution in [-0.4, -0.2) is 58.7 Å². The molecule has 0 bridgehead atoms. The predicted molar refractivity (Wildman–Crippen MR) is 60.2 cm³/mol. The third-order valence-corrected chi connectivity index (χ3v) is 3.17. The van der Waals surface area contributed by atoms with Crippen molar-refractivity contribution in [1.82, 2.24) is 14.7 Å². The Morgan fingerprint density at radius 3 is 2.88 bits per heavy atom. The standard InChI is InChI=1S/C11H19N3O2/c1-9-3-4-12-14(9)6-5-13-7-10(15)11(8-13)16-2/h3-4,10-11,15H,5-8H2,1-2H3/t10-,11-/m0/s1. The van der Waals surface area contributed by atoms with Crippen molar-refractivity contribution in [2.45, 2.75) is 25.7 Å². The van der Waals surface area contributed by atoms with Crippen LogP contribution in [0.25, 0.3) is 0 Å². The summed E-state index contributed by atoms with van der Waals surface area (Å²) < 4.78 is 7.18. The van der Waals surface area contributed by atoms with Crippen LogP contribution in [-0.2, 0) is 11.3 Å². The van der Waals surface area contributed by atoms with Crippen molar-refractivity contribution in [2.24, 2.45) is 0 Å². The first kappa shape index (κ1) is 11.6. The maximum Gasteiger partial charge on any atom is 0.0969 e. The van der Waals surface area contributed by atoms with E-state index in [-0.39, 0.29) is 12.2 Å². The predicted octanol–water partition coefficient (Wildman–Crippen LogP) is -0.117. The Kier molecular flexibility index (Phi) is 3.58. The average molecular weight is 225 g/mol. The second-order valence-electron chi connectivity index (χ2n) is 4.30. The molecule has 5 heteroatoms. The van der Waals surface area contributed by atoms with Gasteiger partial charge >= 0.3 is 0 Å². The number of aromatic nitrogens is 2. The molecule has 2 atom stereocenters. The summed E-state index contributed by atoms with van der Waals surface area (Å²) in [6.07, 6.45) is 1.41. The second-order valence-corrected chi connectivity index (χ2v) is 4.30. The molecule has 1 N–H and O–H groups in total. The quantitative estimate of drug-likeness (QED) is 0.776. The molecule has 2 heterocycles. The number of methoxy groups -OCH3 is 1. The smallest absolute Gasteiger partial charge is 0.0969 e. The van der Waals surface area contributed by atoms with Gasteiger partial charge in [-0.1, -0.05) is 0 Å². The minimum Gasteiger partial charge on any atom is -0.389 e. The Labute approximate surface area is 95.6 Å². The summed E-state index contributed by atoms with van der Waals surface area (Å²) in [4.78, 5) is 2.21. The summed E-state index contributed by atoms with van der Waals surface area (Å²) in [5.41, 5.74) is 1.17. The summed E-state index contributed by atoms with van der Waals surface area (Å²) in [7, 11) is 1.65. The van der Waals surface area contributed by atoms with Crippen molar-refractivity contribution in [3.63, 3.8) is 0 Å². The lowest BCUT2D eigenvalue weighted by Gasteiger charge is -2.15. The Bertz CT molecular complexity index is 340. The molecule has 0 aromatic carbocycles. The van der Waals surface area contributed by atoms with E-state index in [0.29, 0.717) is 6.54 Å². The lowest BCUT2D eigenvalue weighted by Crippen LogP contribution is -2.27. The number of β-amino-alcohol motifs (C(OH)–C–C–N with tert-alkyl or cyclic N) is 1. The Hall–Kier alpha value is -0.910. The molecule has 0 aliphatic carbocycles. The van der Waals surface area contributed by atoms with Crippen LogP contribution < -0.4 is 0 Å². The summed E-state index contributed by atoms with van der Waals surface area (Å²) in [6, 6.07) is 2.00. The Balaban J connectivity index is 1.82. The van der Waals surface area contributed by atoms with Crippen LogP contribution >= 0.6 is 0 Å². The summed E-state index contributed by atoms with van der Waals surface area (Å²) >= 11 is 0.